The molecule has 5 nitrogen and oxygen atoms in total. The second-order valence-corrected chi connectivity index (χ2v) is 2.95. The summed E-state index contributed by atoms with van der Waals surface area (Å²) < 4.78 is 10.4. The summed E-state index contributed by atoms with van der Waals surface area (Å²) in [4.78, 5) is 11.1. The van der Waals surface area contributed by atoms with Crippen LogP contribution >= 0.6 is 0 Å². The summed E-state index contributed by atoms with van der Waals surface area (Å²) in [6.07, 6.45) is -0.637. The minimum atomic E-state index is -0.637. The maximum absolute atomic E-state index is 11.1. The molecule has 0 heterocycles. The molecule has 15 heavy (non-hydrogen) atoms. The molecule has 0 saturated heterocycles. The Bertz CT molecular complexity index is 341. The van der Waals surface area contributed by atoms with Gasteiger partial charge in [-0.2, -0.15) is 0 Å². The molecule has 0 aliphatic heterocycles. The Morgan fingerprint density at radius 1 is 1.47 bits per heavy atom. The smallest absolute Gasteiger partial charge is 0.274 e. The van der Waals surface area contributed by atoms with Gasteiger partial charge in [-0.15, -0.1) is 0 Å². The van der Waals surface area contributed by atoms with Gasteiger partial charge < -0.3 is 9.47 Å². The van der Waals surface area contributed by atoms with Gasteiger partial charge in [0, 0.05) is 6.07 Å². The summed E-state index contributed by atoms with van der Waals surface area (Å²) in [7, 11) is 1.56. The van der Waals surface area contributed by atoms with Gasteiger partial charge in [-0.1, -0.05) is 6.07 Å². The normalized spacial score (nSPS) is 11.7. The Labute approximate surface area is 88.1 Å². The molecule has 1 aromatic rings. The number of amides is 1. The van der Waals surface area contributed by atoms with Crippen molar-refractivity contribution in [2.75, 3.05) is 7.11 Å². The molecule has 0 aromatic heterocycles. The lowest BCUT2D eigenvalue weighted by molar-refractivity contribution is -0.127. The number of ether oxygens (including phenoxy) is 2. The molecule has 0 fully saturated rings. The van der Waals surface area contributed by atoms with Gasteiger partial charge >= 0.3 is 0 Å². The maximum atomic E-state index is 11.1. The molecular weight excluding hydrogens is 196 g/mol. The summed E-state index contributed by atoms with van der Waals surface area (Å²) >= 11 is 0. The Kier molecular flexibility index (Phi) is 3.93. The zero-order chi connectivity index (χ0) is 11.3. The van der Waals surface area contributed by atoms with Crippen LogP contribution in [0.2, 0.25) is 0 Å². The predicted octanol–water partition coefficient (Wildman–Crippen LogP) is 0.452. The van der Waals surface area contributed by atoms with Crippen LogP contribution in [0.15, 0.2) is 24.3 Å². The molecule has 0 radical (unpaired) electrons. The molecule has 0 aliphatic carbocycles. The second kappa shape index (κ2) is 5.21. The molecule has 82 valence electrons. The van der Waals surface area contributed by atoms with Crippen LogP contribution < -0.4 is 20.7 Å². The Hall–Kier alpha value is -1.75. The van der Waals surface area contributed by atoms with Gasteiger partial charge in [0.2, 0.25) is 0 Å². The summed E-state index contributed by atoms with van der Waals surface area (Å²) in [6.45, 7) is 1.61. The van der Waals surface area contributed by atoms with Crippen molar-refractivity contribution >= 4 is 5.91 Å². The van der Waals surface area contributed by atoms with E-state index in [2.05, 4.69) is 0 Å². The van der Waals surface area contributed by atoms with Crippen LogP contribution in [0.3, 0.4) is 0 Å². The number of hydrazine groups is 1. The predicted molar refractivity (Wildman–Crippen MR) is 55.4 cm³/mol. The number of nitrogens with one attached hydrogen (secondary N) is 1. The van der Waals surface area contributed by atoms with E-state index in [9.17, 15) is 4.79 Å². The van der Waals surface area contributed by atoms with Crippen LogP contribution in [0.5, 0.6) is 11.5 Å². The monoisotopic (exact) mass is 210 g/mol. The van der Waals surface area contributed by atoms with Gasteiger partial charge in [-0.25, -0.2) is 5.84 Å². The molecule has 0 saturated carbocycles. The van der Waals surface area contributed by atoms with Crippen LogP contribution in [0, 0.1) is 0 Å². The lowest BCUT2D eigenvalue weighted by Gasteiger charge is -2.13. The number of carbonyl (C=O) groups excluding carboxylic acids is 1. The van der Waals surface area contributed by atoms with E-state index in [1.54, 1.807) is 38.3 Å². The number of methoxy groups -OCH3 is 1. The minimum absolute atomic E-state index is 0.377. The molecule has 1 amide bonds. The highest BCUT2D eigenvalue weighted by atomic mass is 16.5. The number of nitrogens with two attached hydrogens (primary N) is 1. The van der Waals surface area contributed by atoms with Gasteiger partial charge in [-0.3, -0.25) is 10.2 Å². The Morgan fingerprint density at radius 2 is 2.13 bits per heavy atom. The van der Waals surface area contributed by atoms with Gasteiger partial charge in [0.1, 0.15) is 11.5 Å². The molecule has 3 N–H and O–H groups in total. The standard InChI is InChI=1S/C10H14N2O3/c1-7(10(13)12-11)15-9-5-3-4-8(6-9)14-2/h3-7H,11H2,1-2H3,(H,12,13)/t7-/m0/s1. The van der Waals surface area contributed by atoms with Gasteiger partial charge in [0.05, 0.1) is 7.11 Å². The summed E-state index contributed by atoms with van der Waals surface area (Å²) in [5.41, 5.74) is 2.02. The quantitative estimate of drug-likeness (QED) is 0.430. The number of hydrogen-bond donors (Lipinski definition) is 2. The highest BCUT2D eigenvalue weighted by molar-refractivity contribution is 5.80. The fourth-order valence-corrected chi connectivity index (χ4v) is 1.05. The minimum Gasteiger partial charge on any atom is -0.497 e. The number of rotatable bonds is 4. The van der Waals surface area contributed by atoms with E-state index in [0.29, 0.717) is 11.5 Å². The largest absolute Gasteiger partial charge is 0.497 e. The first-order chi connectivity index (χ1) is 7.17. The van der Waals surface area contributed by atoms with Crippen LogP contribution in [0.25, 0.3) is 0 Å². The van der Waals surface area contributed by atoms with Crippen LogP contribution in [0.1, 0.15) is 6.92 Å². The average molecular weight is 210 g/mol. The summed E-state index contributed by atoms with van der Waals surface area (Å²) in [5.74, 6) is 5.84. The fraction of sp³-hybridized carbons (Fsp3) is 0.300. The average Bonchev–Trinajstić information content (AvgIpc) is 2.28. The van der Waals surface area contributed by atoms with Crippen LogP contribution in [-0.4, -0.2) is 19.1 Å². The first-order valence-electron chi connectivity index (χ1n) is 4.48. The third-order valence-corrected chi connectivity index (χ3v) is 1.87. The molecule has 1 aromatic carbocycles. The van der Waals surface area contributed by atoms with Crippen molar-refractivity contribution in [3.63, 3.8) is 0 Å². The van der Waals surface area contributed by atoms with Crippen LogP contribution in [0.4, 0.5) is 0 Å². The molecule has 0 bridgehead atoms. The van der Waals surface area contributed by atoms with Crippen LogP contribution in [-0.2, 0) is 4.79 Å². The van der Waals surface area contributed by atoms with Crippen molar-refractivity contribution < 1.29 is 14.3 Å². The number of benzene rings is 1. The molecule has 1 atom stereocenters. The summed E-state index contributed by atoms with van der Waals surface area (Å²) in [6, 6.07) is 7.00. The van der Waals surface area contributed by atoms with E-state index in [1.165, 1.54) is 0 Å². The lowest BCUT2D eigenvalue weighted by atomic mass is 10.3. The Balaban J connectivity index is 2.67. The lowest BCUT2D eigenvalue weighted by Crippen LogP contribution is -2.40. The van der Waals surface area contributed by atoms with Crippen molar-refractivity contribution in [2.24, 2.45) is 5.84 Å². The Morgan fingerprint density at radius 3 is 2.73 bits per heavy atom. The second-order valence-electron chi connectivity index (χ2n) is 2.95. The third kappa shape index (κ3) is 3.14. The molecule has 0 spiro atoms. The topological polar surface area (TPSA) is 73.6 Å². The zero-order valence-corrected chi connectivity index (χ0v) is 8.69. The van der Waals surface area contributed by atoms with E-state index < -0.39 is 6.10 Å². The molecule has 0 aliphatic rings. The van der Waals surface area contributed by atoms with E-state index in [-0.39, 0.29) is 5.91 Å². The molecule has 5 heteroatoms. The van der Waals surface area contributed by atoms with Gasteiger partial charge in [0.25, 0.3) is 5.91 Å². The van der Waals surface area contributed by atoms with E-state index in [0.717, 1.165) is 0 Å². The molecule has 1 rings (SSSR count). The van der Waals surface area contributed by atoms with E-state index in [1.807, 2.05) is 5.43 Å². The van der Waals surface area contributed by atoms with Crippen molar-refractivity contribution in [2.45, 2.75) is 13.0 Å². The maximum Gasteiger partial charge on any atom is 0.274 e. The van der Waals surface area contributed by atoms with Crippen molar-refractivity contribution in [3.8, 4) is 11.5 Å². The van der Waals surface area contributed by atoms with Gasteiger partial charge in [-0.05, 0) is 19.1 Å². The first-order valence-corrected chi connectivity index (χ1v) is 4.48. The van der Waals surface area contributed by atoms with Gasteiger partial charge in [0.15, 0.2) is 6.10 Å². The third-order valence-electron chi connectivity index (χ3n) is 1.87. The zero-order valence-electron chi connectivity index (χ0n) is 8.69. The SMILES string of the molecule is COc1cccc(O[C@@H](C)C(=O)NN)c1. The number of hydrogen-bond acceptors (Lipinski definition) is 4. The highest BCUT2D eigenvalue weighted by Crippen LogP contribution is 2.19. The van der Waals surface area contributed by atoms with Crippen molar-refractivity contribution in [3.05, 3.63) is 24.3 Å². The van der Waals surface area contributed by atoms with E-state index in [4.69, 9.17) is 15.3 Å². The fourth-order valence-electron chi connectivity index (χ4n) is 1.05. The molecular formula is C10H14N2O3. The van der Waals surface area contributed by atoms with Crippen molar-refractivity contribution in [1.82, 2.24) is 5.43 Å². The molecule has 0 unspecified atom stereocenters. The summed E-state index contributed by atoms with van der Waals surface area (Å²) in [5, 5.41) is 0. The first kappa shape index (κ1) is 11.3. The number of carbonyl (C=O) groups is 1. The van der Waals surface area contributed by atoms with E-state index >= 15 is 0 Å². The highest BCUT2D eigenvalue weighted by Gasteiger charge is 2.12. The van der Waals surface area contributed by atoms with Crippen molar-refractivity contribution in [1.29, 1.82) is 0 Å².